The fraction of sp³-hybridized carbons (Fsp3) is 0.273. The number of hydrogen-bond donors (Lipinski definition) is 0. The first kappa shape index (κ1) is 21.9. The summed E-state index contributed by atoms with van der Waals surface area (Å²) < 4.78 is 1.84. The summed E-state index contributed by atoms with van der Waals surface area (Å²) >= 11 is -0.468. The van der Waals surface area contributed by atoms with Crippen LogP contribution in [0.1, 0.15) is 34.2 Å². The Morgan fingerprint density at radius 1 is 0.962 bits per heavy atom. The third kappa shape index (κ3) is 3.63. The molecule has 0 bridgehead atoms. The molecule has 0 saturated carbocycles. The Balaban J connectivity index is 0.00000121. The van der Waals surface area contributed by atoms with Crippen LogP contribution in [0.5, 0.6) is 0 Å². The van der Waals surface area contributed by atoms with E-state index in [9.17, 15) is 0 Å². The minimum absolute atomic E-state index is 0. The topological polar surface area (TPSA) is 0 Å². The monoisotopic (exact) mass is 476 g/mol. The van der Waals surface area contributed by atoms with Crippen LogP contribution < -0.4 is 28.1 Å². The van der Waals surface area contributed by atoms with Gasteiger partial charge in [0.1, 0.15) is 0 Å². The molecule has 0 fully saturated rings. The number of fused-ring (bicyclic) bond motifs is 3. The second-order valence-electron chi connectivity index (χ2n) is 7.31. The van der Waals surface area contributed by atoms with Crippen molar-refractivity contribution in [2.75, 3.05) is 0 Å². The van der Waals surface area contributed by atoms with Crippen LogP contribution in [0, 0.1) is 13.8 Å². The van der Waals surface area contributed by atoms with E-state index >= 15 is 0 Å². The summed E-state index contributed by atoms with van der Waals surface area (Å²) in [6.45, 7) is 9.84. The van der Waals surface area contributed by atoms with E-state index in [1.807, 2.05) is 3.27 Å². The van der Waals surface area contributed by atoms with E-state index in [-0.39, 0.29) is 24.8 Å². The van der Waals surface area contributed by atoms with Crippen LogP contribution in [-0.2, 0) is 28.8 Å². The zero-order valence-corrected chi connectivity index (χ0v) is 20.9. The Bertz CT molecular complexity index is 898. The maximum Gasteiger partial charge on any atom is -1.00 e. The van der Waals surface area contributed by atoms with E-state index in [1.54, 1.807) is 27.8 Å². The first-order valence-electron chi connectivity index (χ1n) is 8.94. The van der Waals surface area contributed by atoms with Crippen molar-refractivity contribution in [2.45, 2.75) is 39.8 Å². The molecule has 0 radical (unpaired) electrons. The molecule has 0 atom stereocenters. The quantitative estimate of drug-likeness (QED) is 0.420. The standard InChI is InChI=1S/C20H17.C2H7Si.2ClH.Zr/c1-13-14(2)20-17(11-16-9-5-6-10-18(16)20)12-19(13)15-7-3-4-8-15;1-3-2;;;/h3-7,9-10H,8,11H2,1-2H3;3H,1-2H3;2*1H;/q;;;;+2/p-2. The molecule has 0 aromatic heterocycles. The van der Waals surface area contributed by atoms with Gasteiger partial charge in [0.15, 0.2) is 0 Å². The molecule has 0 unspecified atom stereocenters. The van der Waals surface area contributed by atoms with Crippen molar-refractivity contribution in [3.63, 3.8) is 0 Å². The molecular weight excluding hydrogens is 454 g/mol. The van der Waals surface area contributed by atoms with E-state index in [0.29, 0.717) is 0 Å². The summed E-state index contributed by atoms with van der Waals surface area (Å²) in [5.74, 6) is -0.514. The zero-order valence-electron chi connectivity index (χ0n) is 15.8. The minimum Gasteiger partial charge on any atom is -1.00 e. The van der Waals surface area contributed by atoms with Crippen LogP contribution in [0.4, 0.5) is 0 Å². The van der Waals surface area contributed by atoms with Gasteiger partial charge in [-0.2, -0.15) is 0 Å². The fourth-order valence-electron chi connectivity index (χ4n) is 4.20. The number of allylic oxidation sites excluding steroid dienone is 4. The van der Waals surface area contributed by atoms with Crippen LogP contribution in [0.3, 0.4) is 0 Å². The van der Waals surface area contributed by atoms with Crippen molar-refractivity contribution in [2.24, 2.45) is 0 Å². The largest absolute Gasteiger partial charge is 1.00 e. The van der Waals surface area contributed by atoms with Crippen molar-refractivity contribution < 1.29 is 47.2 Å². The van der Waals surface area contributed by atoms with E-state index < -0.39 is 28.3 Å². The van der Waals surface area contributed by atoms with Gasteiger partial charge in [0.05, 0.1) is 0 Å². The van der Waals surface area contributed by atoms with Crippen molar-refractivity contribution in [3.8, 4) is 11.1 Å². The summed E-state index contributed by atoms with van der Waals surface area (Å²) in [7, 11) is 0. The van der Waals surface area contributed by atoms with Gasteiger partial charge in [-0.05, 0) is 0 Å². The fourth-order valence-corrected chi connectivity index (χ4v) is 13.1. The molecule has 0 heterocycles. The maximum atomic E-state index is 2.56. The van der Waals surface area contributed by atoms with Gasteiger partial charge in [-0.1, -0.05) is 0 Å². The maximum absolute atomic E-state index is 2.56. The Labute approximate surface area is 182 Å². The summed E-state index contributed by atoms with van der Waals surface area (Å²) in [5, 5.41) is 0. The number of rotatable bonds is 3. The van der Waals surface area contributed by atoms with Gasteiger partial charge in [0.25, 0.3) is 0 Å². The molecule has 0 amide bonds. The molecule has 2 aliphatic rings. The van der Waals surface area contributed by atoms with E-state index in [1.165, 1.54) is 16.7 Å². The molecule has 26 heavy (non-hydrogen) atoms. The average Bonchev–Trinajstić information content (AvgIpc) is 3.19. The average molecular weight is 479 g/mol. The third-order valence-corrected chi connectivity index (χ3v) is 14.0. The molecule has 134 valence electrons. The number of benzene rings is 2. The predicted molar refractivity (Wildman–Crippen MR) is 104 cm³/mol. The van der Waals surface area contributed by atoms with E-state index in [0.717, 1.165) is 12.8 Å². The van der Waals surface area contributed by atoms with Gasteiger partial charge >= 0.3 is 158 Å². The van der Waals surface area contributed by atoms with Gasteiger partial charge in [-0.15, -0.1) is 0 Å². The van der Waals surface area contributed by atoms with Crippen LogP contribution in [0.25, 0.3) is 16.7 Å². The first-order chi connectivity index (χ1) is 11.6. The number of halogens is 2. The Hall–Kier alpha value is -0.400. The van der Waals surface area contributed by atoms with Crippen LogP contribution in [0.2, 0.25) is 13.1 Å². The predicted octanol–water partition coefficient (Wildman–Crippen LogP) is -1.08. The molecular formula is C22H24Cl2SiZr. The van der Waals surface area contributed by atoms with Crippen molar-refractivity contribution in [1.82, 2.24) is 0 Å². The SMILES string of the molecule is Cc1c(C)c2c([c]([Zr+2][SiH](C)C)c1C1=CC=CC1)Cc1ccccc1-2.[Cl-].[Cl-]. The van der Waals surface area contributed by atoms with Crippen molar-refractivity contribution in [3.05, 3.63) is 70.3 Å². The molecule has 0 spiro atoms. The third-order valence-electron chi connectivity index (χ3n) is 5.35. The van der Waals surface area contributed by atoms with Crippen molar-refractivity contribution >= 4 is 14.8 Å². The van der Waals surface area contributed by atoms with Crippen molar-refractivity contribution in [1.29, 1.82) is 0 Å². The second kappa shape index (κ2) is 8.74. The number of hydrogen-bond acceptors (Lipinski definition) is 0. The molecule has 0 nitrogen and oxygen atoms in total. The molecule has 0 N–H and O–H groups in total. The summed E-state index contributed by atoms with van der Waals surface area (Å²) in [4.78, 5) is 0. The van der Waals surface area contributed by atoms with E-state index in [2.05, 4.69) is 69.4 Å². The minimum atomic E-state index is -0.514. The van der Waals surface area contributed by atoms with Crippen LogP contribution in [-0.4, -0.2) is 5.92 Å². The van der Waals surface area contributed by atoms with Gasteiger partial charge in [-0.25, -0.2) is 0 Å². The molecule has 0 aliphatic heterocycles. The smallest absolute Gasteiger partial charge is 1.00 e. The first-order valence-corrected chi connectivity index (χ1v) is 17.3. The molecule has 2 aliphatic carbocycles. The Morgan fingerprint density at radius 3 is 2.31 bits per heavy atom. The molecule has 4 heteroatoms. The second-order valence-corrected chi connectivity index (χ2v) is 21.8. The van der Waals surface area contributed by atoms with E-state index in [4.69, 9.17) is 0 Å². The molecule has 2 aromatic rings. The van der Waals surface area contributed by atoms with Gasteiger partial charge < -0.3 is 24.8 Å². The van der Waals surface area contributed by atoms with Gasteiger partial charge in [0.2, 0.25) is 0 Å². The summed E-state index contributed by atoms with van der Waals surface area (Å²) in [5.41, 5.74) is 12.6. The molecule has 0 saturated heterocycles. The van der Waals surface area contributed by atoms with Gasteiger partial charge in [-0.3, -0.25) is 0 Å². The Morgan fingerprint density at radius 2 is 1.65 bits per heavy atom. The zero-order chi connectivity index (χ0) is 16.8. The summed E-state index contributed by atoms with van der Waals surface area (Å²) in [6, 6.07) is 9.08. The van der Waals surface area contributed by atoms with Crippen LogP contribution >= 0.6 is 0 Å². The summed E-state index contributed by atoms with van der Waals surface area (Å²) in [6.07, 6.45) is 9.21. The molecule has 4 rings (SSSR count). The van der Waals surface area contributed by atoms with Crippen LogP contribution in [0.15, 0.2) is 42.5 Å². The normalized spacial score (nSPS) is 13.5. The Kier molecular flexibility index (Phi) is 7.36. The molecule has 2 aromatic carbocycles. The van der Waals surface area contributed by atoms with Gasteiger partial charge in [0, 0.05) is 0 Å².